The molecule has 0 saturated carbocycles. The number of esters is 1. The van der Waals surface area contributed by atoms with Gasteiger partial charge in [-0.25, -0.2) is 0 Å². The summed E-state index contributed by atoms with van der Waals surface area (Å²) in [7, 11) is 0. The molecule has 0 heterocycles. The molecule has 3 N–H and O–H groups in total. The Morgan fingerprint density at radius 3 is 1.31 bits per heavy atom. The number of rotatable bonds is 48. The summed E-state index contributed by atoms with van der Waals surface area (Å²) in [6.45, 7) is 6.29. The first-order chi connectivity index (χ1) is 30.5. The van der Waals surface area contributed by atoms with Gasteiger partial charge in [-0.2, -0.15) is 0 Å². The lowest BCUT2D eigenvalue weighted by molar-refractivity contribution is -0.151. The van der Waals surface area contributed by atoms with Crippen LogP contribution >= 0.6 is 0 Å². The van der Waals surface area contributed by atoms with Gasteiger partial charge in [0.2, 0.25) is 5.91 Å². The molecule has 0 aromatic heterocycles. The van der Waals surface area contributed by atoms with Gasteiger partial charge in [0.15, 0.2) is 0 Å². The van der Waals surface area contributed by atoms with Crippen molar-refractivity contribution in [1.29, 1.82) is 0 Å². The van der Waals surface area contributed by atoms with Crippen molar-refractivity contribution in [2.24, 2.45) is 0 Å². The van der Waals surface area contributed by atoms with Crippen LogP contribution < -0.4 is 5.32 Å². The van der Waals surface area contributed by atoms with Gasteiger partial charge in [-0.15, -0.1) is 0 Å². The summed E-state index contributed by atoms with van der Waals surface area (Å²) in [5, 5.41) is 23.8. The summed E-state index contributed by atoms with van der Waals surface area (Å²) in [4.78, 5) is 26.2. The molecule has 0 aliphatic rings. The number of hydrogen-bond acceptors (Lipinski definition) is 5. The number of ether oxygens (including phenoxy) is 1. The van der Waals surface area contributed by atoms with Crippen molar-refractivity contribution in [3.63, 3.8) is 0 Å². The Morgan fingerprint density at radius 2 is 0.871 bits per heavy atom. The highest BCUT2D eigenvalue weighted by Crippen LogP contribution is 2.18. The molecular weight excluding hydrogens is 767 g/mol. The SMILES string of the molecule is CC/C=C/C/C=C/CCCCCCCCCC(=O)OC(CCCCCCC/C=C/C/C=C/CC)CC(=O)NC(CO)C(O)CCCCCCCCCCCCCCCCCCC. The maximum atomic E-state index is 13.2. The van der Waals surface area contributed by atoms with E-state index in [1.807, 2.05) is 0 Å². The summed E-state index contributed by atoms with van der Waals surface area (Å²) < 4.78 is 5.93. The number of nitrogens with one attached hydrogen (secondary N) is 1. The first-order valence-corrected chi connectivity index (χ1v) is 26.9. The molecule has 6 nitrogen and oxygen atoms in total. The molecule has 0 spiro atoms. The zero-order valence-electron chi connectivity index (χ0n) is 41.3. The summed E-state index contributed by atoms with van der Waals surface area (Å²) in [5.74, 6) is -0.491. The van der Waals surface area contributed by atoms with Crippen LogP contribution in [0.1, 0.15) is 271 Å². The number of hydrogen-bond donors (Lipinski definition) is 3. The van der Waals surface area contributed by atoms with Gasteiger partial charge in [-0.1, -0.05) is 230 Å². The number of aliphatic hydroxyl groups excluding tert-OH is 2. The Bertz CT molecular complexity index is 1070. The third-order valence-corrected chi connectivity index (χ3v) is 12.2. The van der Waals surface area contributed by atoms with Gasteiger partial charge in [0.1, 0.15) is 6.10 Å². The van der Waals surface area contributed by atoms with E-state index in [1.54, 1.807) is 0 Å². The Hall–Kier alpha value is -2.18. The highest BCUT2D eigenvalue weighted by atomic mass is 16.5. The average Bonchev–Trinajstić information content (AvgIpc) is 3.26. The van der Waals surface area contributed by atoms with Crippen LogP contribution in [0.3, 0.4) is 0 Å². The monoisotopic (exact) mass is 870 g/mol. The lowest BCUT2D eigenvalue weighted by atomic mass is 10.0. The fourth-order valence-corrected chi connectivity index (χ4v) is 8.15. The second kappa shape index (κ2) is 49.8. The van der Waals surface area contributed by atoms with Crippen molar-refractivity contribution in [2.45, 2.75) is 289 Å². The summed E-state index contributed by atoms with van der Waals surface area (Å²) in [5.41, 5.74) is 0. The third-order valence-electron chi connectivity index (χ3n) is 12.2. The molecule has 0 rings (SSSR count). The maximum Gasteiger partial charge on any atom is 0.306 e. The molecule has 3 unspecified atom stereocenters. The molecule has 0 aliphatic heterocycles. The number of aliphatic hydroxyl groups is 2. The summed E-state index contributed by atoms with van der Waals surface area (Å²) >= 11 is 0. The lowest BCUT2D eigenvalue weighted by Gasteiger charge is -2.24. The fraction of sp³-hybridized carbons (Fsp3) is 0.821. The molecule has 1 amide bonds. The normalized spacial score (nSPS) is 13.6. The van der Waals surface area contributed by atoms with Crippen LogP contribution in [0, 0.1) is 0 Å². The molecule has 62 heavy (non-hydrogen) atoms. The van der Waals surface area contributed by atoms with Crippen LogP contribution in [0.25, 0.3) is 0 Å². The van der Waals surface area contributed by atoms with Crippen LogP contribution in [-0.4, -0.2) is 46.9 Å². The van der Waals surface area contributed by atoms with E-state index in [9.17, 15) is 19.8 Å². The van der Waals surface area contributed by atoms with Crippen molar-refractivity contribution >= 4 is 11.9 Å². The molecule has 0 aromatic rings. The Kier molecular flexibility index (Phi) is 48.1. The lowest BCUT2D eigenvalue weighted by Crippen LogP contribution is -2.46. The predicted octanol–water partition coefficient (Wildman–Crippen LogP) is 16.2. The minimum atomic E-state index is -0.793. The van der Waals surface area contributed by atoms with Crippen LogP contribution in [-0.2, 0) is 14.3 Å². The van der Waals surface area contributed by atoms with E-state index >= 15 is 0 Å². The van der Waals surface area contributed by atoms with E-state index in [0.717, 1.165) is 96.3 Å². The molecule has 0 fully saturated rings. The second-order valence-corrected chi connectivity index (χ2v) is 18.2. The van der Waals surface area contributed by atoms with Gasteiger partial charge >= 0.3 is 5.97 Å². The van der Waals surface area contributed by atoms with E-state index in [-0.39, 0.29) is 24.9 Å². The average molecular weight is 870 g/mol. The molecular formula is C56H103NO5. The molecule has 362 valence electrons. The molecule has 6 heteroatoms. The van der Waals surface area contributed by atoms with Crippen LogP contribution in [0.2, 0.25) is 0 Å². The zero-order chi connectivity index (χ0) is 45.2. The highest BCUT2D eigenvalue weighted by Gasteiger charge is 2.24. The van der Waals surface area contributed by atoms with Crippen LogP contribution in [0.15, 0.2) is 48.6 Å². The van der Waals surface area contributed by atoms with Crippen molar-refractivity contribution in [3.05, 3.63) is 48.6 Å². The Balaban J connectivity index is 4.50. The minimum absolute atomic E-state index is 0.0655. The summed E-state index contributed by atoms with van der Waals surface area (Å²) in [6, 6.07) is -0.707. The van der Waals surface area contributed by atoms with Gasteiger partial charge in [0, 0.05) is 6.42 Å². The molecule has 0 aliphatic carbocycles. The van der Waals surface area contributed by atoms with Crippen LogP contribution in [0.4, 0.5) is 0 Å². The van der Waals surface area contributed by atoms with Crippen molar-refractivity contribution in [2.75, 3.05) is 6.61 Å². The van der Waals surface area contributed by atoms with E-state index in [4.69, 9.17) is 4.74 Å². The molecule has 0 saturated heterocycles. The number of unbranched alkanes of at least 4 members (excludes halogenated alkanes) is 28. The molecule has 0 bridgehead atoms. The largest absolute Gasteiger partial charge is 0.462 e. The van der Waals surface area contributed by atoms with Crippen molar-refractivity contribution < 1.29 is 24.5 Å². The molecule has 3 atom stereocenters. The number of carbonyl (C=O) groups excluding carboxylic acids is 2. The van der Waals surface area contributed by atoms with Gasteiger partial charge in [0.05, 0.1) is 25.2 Å². The molecule has 0 aromatic carbocycles. The van der Waals surface area contributed by atoms with Gasteiger partial charge in [-0.3, -0.25) is 9.59 Å². The van der Waals surface area contributed by atoms with E-state index in [2.05, 4.69) is 74.7 Å². The first-order valence-electron chi connectivity index (χ1n) is 26.9. The van der Waals surface area contributed by atoms with E-state index < -0.39 is 18.2 Å². The standard InChI is InChI=1S/C56H103NO5/c1-4-7-10-13-16-19-22-25-27-28-29-30-33-36-39-42-45-48-54(59)53(51-58)57-55(60)50-52(47-44-41-38-35-32-24-21-18-15-12-9-6-3)62-56(61)49-46-43-40-37-34-31-26-23-20-17-14-11-8-5-2/h8-9,11-12,17-18,20-21,52-54,58-59H,4-7,10,13-16,19,22-51H2,1-3H3,(H,57,60)/b11-8+,12-9+,20-17+,21-18+. The topological polar surface area (TPSA) is 95.9 Å². The smallest absolute Gasteiger partial charge is 0.306 e. The fourth-order valence-electron chi connectivity index (χ4n) is 8.15. The van der Waals surface area contributed by atoms with Crippen molar-refractivity contribution in [3.8, 4) is 0 Å². The molecule has 0 radical (unpaired) electrons. The Labute approximate surface area is 385 Å². The van der Waals surface area contributed by atoms with E-state index in [1.165, 1.54) is 128 Å². The second-order valence-electron chi connectivity index (χ2n) is 18.2. The predicted molar refractivity (Wildman–Crippen MR) is 269 cm³/mol. The van der Waals surface area contributed by atoms with Gasteiger partial charge in [0.25, 0.3) is 0 Å². The quantitative estimate of drug-likeness (QED) is 0.0322. The van der Waals surface area contributed by atoms with Gasteiger partial charge in [-0.05, 0) is 77.0 Å². The number of allylic oxidation sites excluding steroid dienone is 8. The highest BCUT2D eigenvalue weighted by molar-refractivity contribution is 5.77. The number of carbonyl (C=O) groups is 2. The van der Waals surface area contributed by atoms with Crippen molar-refractivity contribution in [1.82, 2.24) is 5.32 Å². The van der Waals surface area contributed by atoms with E-state index in [0.29, 0.717) is 19.3 Å². The third kappa shape index (κ3) is 44.4. The first kappa shape index (κ1) is 59.8. The van der Waals surface area contributed by atoms with Gasteiger partial charge < -0.3 is 20.3 Å². The minimum Gasteiger partial charge on any atom is -0.462 e. The number of amides is 1. The summed E-state index contributed by atoms with van der Waals surface area (Å²) in [6.07, 6.45) is 60.3. The van der Waals surface area contributed by atoms with Crippen LogP contribution in [0.5, 0.6) is 0 Å². The Morgan fingerprint density at radius 1 is 0.484 bits per heavy atom. The zero-order valence-corrected chi connectivity index (χ0v) is 41.3. The maximum absolute atomic E-state index is 13.2.